The van der Waals surface area contributed by atoms with Gasteiger partial charge in [0.1, 0.15) is 5.75 Å². The van der Waals surface area contributed by atoms with Crippen LogP contribution in [-0.4, -0.2) is 19.3 Å². The highest BCUT2D eigenvalue weighted by molar-refractivity contribution is 7.92. The Hall–Kier alpha value is -3.31. The lowest BCUT2D eigenvalue weighted by atomic mass is 10.2. The second-order valence-corrected chi connectivity index (χ2v) is 9.42. The predicted molar refractivity (Wildman–Crippen MR) is 116 cm³/mol. The molecule has 11 heteroatoms. The van der Waals surface area contributed by atoms with Gasteiger partial charge in [0, 0.05) is 5.69 Å². The molecule has 0 radical (unpaired) electrons. The number of thiazole rings is 1. The first-order valence-electron chi connectivity index (χ1n) is 9.17. The summed E-state index contributed by atoms with van der Waals surface area (Å²) in [7, 11) is -4.03. The number of sulfonamides is 1. The summed E-state index contributed by atoms with van der Waals surface area (Å²) in [5.41, 5.74) is 1.61. The molecule has 4 aromatic rings. The standard InChI is InChI=1S/C21H15F3N2O4S2/c22-21(23,24)30-16-8-6-15(7-9-16)25-32(28,29)17-10-11-18-19(12-17)31-20(27)26(18)13-14-4-2-1-3-5-14/h1-12,25H,13H2. The van der Waals surface area contributed by atoms with Crippen LogP contribution in [-0.2, 0) is 16.6 Å². The molecule has 6 nitrogen and oxygen atoms in total. The van der Waals surface area contributed by atoms with Crippen molar-refractivity contribution in [1.29, 1.82) is 0 Å². The first kappa shape index (κ1) is 21.9. The van der Waals surface area contributed by atoms with Crippen molar-refractivity contribution >= 4 is 37.3 Å². The van der Waals surface area contributed by atoms with Crippen molar-refractivity contribution in [3.8, 4) is 5.75 Å². The third-order valence-electron chi connectivity index (χ3n) is 4.47. The van der Waals surface area contributed by atoms with Crippen LogP contribution in [0.1, 0.15) is 5.56 Å². The molecule has 1 aromatic heterocycles. The van der Waals surface area contributed by atoms with Crippen LogP contribution >= 0.6 is 11.3 Å². The van der Waals surface area contributed by atoms with Crippen LogP contribution in [0.5, 0.6) is 5.75 Å². The van der Waals surface area contributed by atoms with Gasteiger partial charge in [0.25, 0.3) is 10.0 Å². The molecule has 4 rings (SSSR count). The summed E-state index contributed by atoms with van der Waals surface area (Å²) >= 11 is 0.934. The summed E-state index contributed by atoms with van der Waals surface area (Å²) in [5, 5.41) is 0. The maximum absolute atomic E-state index is 12.7. The average molecular weight is 480 g/mol. The van der Waals surface area contributed by atoms with E-state index in [9.17, 15) is 26.4 Å². The van der Waals surface area contributed by atoms with Crippen LogP contribution in [0.4, 0.5) is 18.9 Å². The molecule has 0 atom stereocenters. The largest absolute Gasteiger partial charge is 0.573 e. The van der Waals surface area contributed by atoms with Crippen LogP contribution in [0.15, 0.2) is 82.5 Å². The van der Waals surface area contributed by atoms with Crippen molar-refractivity contribution in [3.05, 3.63) is 88.0 Å². The number of ether oxygens (including phenoxy) is 1. The Kier molecular flexibility index (Phi) is 5.70. The van der Waals surface area contributed by atoms with E-state index in [1.54, 1.807) is 10.6 Å². The van der Waals surface area contributed by atoms with Crippen molar-refractivity contribution in [2.45, 2.75) is 17.8 Å². The normalized spacial score (nSPS) is 12.1. The lowest BCUT2D eigenvalue weighted by molar-refractivity contribution is -0.274. The summed E-state index contributed by atoms with van der Waals surface area (Å²) < 4.78 is 70.4. The molecule has 0 spiro atoms. The van der Waals surface area contributed by atoms with E-state index in [0.29, 0.717) is 16.8 Å². The molecular formula is C21H15F3N2O4S2. The Labute approximate surface area is 184 Å². The van der Waals surface area contributed by atoms with Crippen molar-refractivity contribution < 1.29 is 26.3 Å². The molecule has 0 unspecified atom stereocenters. The molecule has 0 fully saturated rings. The Morgan fingerprint density at radius 1 is 0.969 bits per heavy atom. The molecule has 0 amide bonds. The third kappa shape index (κ3) is 4.94. The Bertz CT molecular complexity index is 1410. The fourth-order valence-corrected chi connectivity index (χ4v) is 5.16. The van der Waals surface area contributed by atoms with Crippen molar-refractivity contribution in [2.24, 2.45) is 0 Å². The molecule has 1 heterocycles. The van der Waals surface area contributed by atoms with E-state index in [4.69, 9.17) is 0 Å². The van der Waals surface area contributed by atoms with Gasteiger partial charge < -0.3 is 4.74 Å². The third-order valence-corrected chi connectivity index (χ3v) is 6.79. The molecule has 0 aliphatic heterocycles. The highest BCUT2D eigenvalue weighted by Crippen LogP contribution is 2.27. The number of rotatable bonds is 6. The van der Waals surface area contributed by atoms with E-state index >= 15 is 0 Å². The van der Waals surface area contributed by atoms with Crippen LogP contribution in [0.2, 0.25) is 0 Å². The molecule has 3 aromatic carbocycles. The van der Waals surface area contributed by atoms with Gasteiger partial charge in [-0.15, -0.1) is 13.2 Å². The minimum absolute atomic E-state index is 0.0643. The molecule has 0 aliphatic rings. The van der Waals surface area contributed by atoms with Crippen molar-refractivity contribution in [1.82, 2.24) is 4.57 Å². The number of hydrogen-bond acceptors (Lipinski definition) is 5. The first-order valence-corrected chi connectivity index (χ1v) is 11.5. The van der Waals surface area contributed by atoms with Crippen LogP contribution < -0.4 is 14.3 Å². The van der Waals surface area contributed by atoms with Gasteiger partial charge in [0.05, 0.1) is 21.7 Å². The van der Waals surface area contributed by atoms with Gasteiger partial charge >= 0.3 is 11.2 Å². The molecular weight excluding hydrogens is 465 g/mol. The molecule has 32 heavy (non-hydrogen) atoms. The van der Waals surface area contributed by atoms with Gasteiger partial charge in [0.2, 0.25) is 0 Å². The minimum Gasteiger partial charge on any atom is -0.406 e. The quantitative estimate of drug-likeness (QED) is 0.430. The van der Waals surface area contributed by atoms with Crippen molar-refractivity contribution in [3.63, 3.8) is 0 Å². The molecule has 0 aliphatic carbocycles. The molecule has 0 bridgehead atoms. The molecule has 1 N–H and O–H groups in total. The second kappa shape index (κ2) is 8.32. The monoisotopic (exact) mass is 480 g/mol. The van der Waals surface area contributed by atoms with Gasteiger partial charge in [-0.25, -0.2) is 8.42 Å². The summed E-state index contributed by atoms with van der Waals surface area (Å²) in [4.78, 5) is 12.2. The minimum atomic E-state index is -4.84. The fraction of sp³-hybridized carbons (Fsp3) is 0.0952. The SMILES string of the molecule is O=c1sc2cc(S(=O)(=O)Nc3ccc(OC(F)(F)F)cc3)ccc2n1Cc1ccccc1. The summed E-state index contributed by atoms with van der Waals surface area (Å²) in [6, 6.07) is 18.1. The van der Waals surface area contributed by atoms with Crippen LogP contribution in [0.25, 0.3) is 10.2 Å². The number of fused-ring (bicyclic) bond motifs is 1. The lowest BCUT2D eigenvalue weighted by Gasteiger charge is -2.11. The smallest absolute Gasteiger partial charge is 0.406 e. The zero-order valence-electron chi connectivity index (χ0n) is 16.2. The van der Waals surface area contributed by atoms with E-state index < -0.39 is 22.1 Å². The number of anilines is 1. The number of nitrogens with zero attached hydrogens (tertiary/aromatic N) is 1. The van der Waals surface area contributed by atoms with E-state index in [1.165, 1.54) is 12.1 Å². The van der Waals surface area contributed by atoms with E-state index in [1.807, 2.05) is 30.3 Å². The zero-order chi connectivity index (χ0) is 22.9. The Morgan fingerprint density at radius 2 is 1.66 bits per heavy atom. The summed E-state index contributed by atoms with van der Waals surface area (Å²) in [5.74, 6) is -0.466. The second-order valence-electron chi connectivity index (χ2n) is 6.75. The summed E-state index contributed by atoms with van der Waals surface area (Å²) in [6.45, 7) is 0.358. The van der Waals surface area contributed by atoms with Gasteiger partial charge in [-0.2, -0.15) is 0 Å². The molecule has 0 saturated carbocycles. The number of nitrogens with one attached hydrogen (secondary N) is 1. The molecule has 166 valence electrons. The van der Waals surface area contributed by atoms with Gasteiger partial charge in [0.15, 0.2) is 0 Å². The molecule has 0 saturated heterocycles. The predicted octanol–water partition coefficient (Wildman–Crippen LogP) is 4.81. The fourth-order valence-electron chi connectivity index (χ4n) is 3.07. The first-order chi connectivity index (χ1) is 15.1. The lowest BCUT2D eigenvalue weighted by Crippen LogP contribution is -2.17. The highest BCUT2D eigenvalue weighted by Gasteiger charge is 2.31. The Balaban J connectivity index is 1.58. The van der Waals surface area contributed by atoms with E-state index in [0.717, 1.165) is 41.2 Å². The highest BCUT2D eigenvalue weighted by atomic mass is 32.2. The topological polar surface area (TPSA) is 77.4 Å². The van der Waals surface area contributed by atoms with Crippen LogP contribution in [0.3, 0.4) is 0 Å². The van der Waals surface area contributed by atoms with Gasteiger partial charge in [-0.05, 0) is 48.0 Å². The van der Waals surface area contributed by atoms with E-state index in [-0.39, 0.29) is 15.5 Å². The maximum atomic E-state index is 12.7. The van der Waals surface area contributed by atoms with Gasteiger partial charge in [-0.3, -0.25) is 14.1 Å². The number of halogens is 3. The Morgan fingerprint density at radius 3 is 2.31 bits per heavy atom. The number of hydrogen-bond donors (Lipinski definition) is 1. The van der Waals surface area contributed by atoms with E-state index in [2.05, 4.69) is 9.46 Å². The van der Waals surface area contributed by atoms with Crippen LogP contribution in [0, 0.1) is 0 Å². The van der Waals surface area contributed by atoms with Gasteiger partial charge in [-0.1, -0.05) is 41.7 Å². The number of aromatic nitrogens is 1. The maximum Gasteiger partial charge on any atom is 0.573 e. The number of benzene rings is 3. The zero-order valence-corrected chi connectivity index (χ0v) is 17.8. The summed E-state index contributed by atoms with van der Waals surface area (Å²) in [6.07, 6.45) is -4.84. The average Bonchev–Trinajstić information content (AvgIpc) is 3.03. The number of alkyl halides is 3. The van der Waals surface area contributed by atoms with Crippen molar-refractivity contribution in [2.75, 3.05) is 4.72 Å².